The Morgan fingerprint density at radius 1 is 0.635 bits per heavy atom. The van der Waals surface area contributed by atoms with E-state index in [9.17, 15) is 14.4 Å². The second kappa shape index (κ2) is 19.2. The molecule has 1 atom stereocenters. The van der Waals surface area contributed by atoms with Crippen molar-refractivity contribution in [2.45, 2.75) is 88.8 Å². The van der Waals surface area contributed by atoms with Gasteiger partial charge in [0.15, 0.2) is 0 Å². The van der Waals surface area contributed by atoms with Gasteiger partial charge in [0.2, 0.25) is 17.7 Å². The standard InChI is InChI=1S/C45H54N4O3/c50-42(26-27-43(51)49(40-24-14-5-15-25-40)41-30-33-47(34-31-41)32-28-36-16-6-1-7-17-36)48(35-29-37-18-8-2-9-19-37)44(38-20-10-3-11-21-38)45(52)46-39-22-12-4-13-23-39/h1-3,5-11,14-21,24-25,39,41,44H,4,12-13,22-23,26-35H2,(H,46,52). The van der Waals surface area contributed by atoms with Gasteiger partial charge in [0, 0.05) is 56.8 Å². The smallest absolute Gasteiger partial charge is 0.247 e. The summed E-state index contributed by atoms with van der Waals surface area (Å²) in [7, 11) is 0. The topological polar surface area (TPSA) is 73.0 Å². The predicted octanol–water partition coefficient (Wildman–Crippen LogP) is 7.77. The number of carbonyl (C=O) groups excluding carboxylic acids is 3. The van der Waals surface area contributed by atoms with Crippen LogP contribution in [0.1, 0.15) is 80.5 Å². The summed E-state index contributed by atoms with van der Waals surface area (Å²) < 4.78 is 0. The molecule has 7 heteroatoms. The number of benzene rings is 4. The highest BCUT2D eigenvalue weighted by Gasteiger charge is 2.34. The Morgan fingerprint density at radius 2 is 1.17 bits per heavy atom. The van der Waals surface area contributed by atoms with Crippen molar-refractivity contribution in [3.8, 4) is 0 Å². The molecule has 1 heterocycles. The summed E-state index contributed by atoms with van der Waals surface area (Å²) >= 11 is 0. The van der Waals surface area contributed by atoms with E-state index in [1.807, 2.05) is 83.8 Å². The van der Waals surface area contributed by atoms with E-state index in [0.29, 0.717) is 13.0 Å². The number of likely N-dealkylation sites (tertiary alicyclic amines) is 1. The third-order valence-electron chi connectivity index (χ3n) is 10.8. The molecule has 3 amide bonds. The molecule has 1 aliphatic heterocycles. The number of nitrogens with one attached hydrogen (secondary N) is 1. The van der Waals surface area contributed by atoms with Crippen LogP contribution in [0.25, 0.3) is 0 Å². The summed E-state index contributed by atoms with van der Waals surface area (Å²) in [5.41, 5.74) is 4.10. The average molecular weight is 699 g/mol. The molecule has 2 fully saturated rings. The monoisotopic (exact) mass is 698 g/mol. The summed E-state index contributed by atoms with van der Waals surface area (Å²) in [6, 6.07) is 39.6. The molecule has 1 saturated carbocycles. The number of hydrogen-bond donors (Lipinski definition) is 1. The van der Waals surface area contributed by atoms with Crippen LogP contribution < -0.4 is 10.2 Å². The van der Waals surface area contributed by atoms with Crippen LogP contribution in [0.5, 0.6) is 0 Å². The Labute approximate surface area is 310 Å². The first-order chi connectivity index (χ1) is 25.5. The Balaban J connectivity index is 1.17. The fourth-order valence-electron chi connectivity index (χ4n) is 7.89. The summed E-state index contributed by atoms with van der Waals surface area (Å²) in [4.78, 5) is 49.0. The normalized spacial score (nSPS) is 16.2. The second-order valence-electron chi connectivity index (χ2n) is 14.4. The van der Waals surface area contributed by atoms with Gasteiger partial charge >= 0.3 is 0 Å². The number of amides is 3. The minimum atomic E-state index is -0.778. The van der Waals surface area contributed by atoms with Crippen LogP contribution in [0, 0.1) is 0 Å². The van der Waals surface area contributed by atoms with Gasteiger partial charge < -0.3 is 20.0 Å². The van der Waals surface area contributed by atoms with Crippen LogP contribution >= 0.6 is 0 Å². The first-order valence-corrected chi connectivity index (χ1v) is 19.4. The maximum absolute atomic E-state index is 14.4. The summed E-state index contributed by atoms with van der Waals surface area (Å²) in [6.07, 6.45) is 8.81. The van der Waals surface area contributed by atoms with Gasteiger partial charge in [-0.05, 0) is 67.3 Å². The van der Waals surface area contributed by atoms with Gasteiger partial charge in [-0.15, -0.1) is 0 Å². The van der Waals surface area contributed by atoms with E-state index < -0.39 is 6.04 Å². The molecule has 1 N–H and O–H groups in total. The van der Waals surface area contributed by atoms with E-state index in [-0.39, 0.29) is 42.6 Å². The number of piperidine rings is 1. The van der Waals surface area contributed by atoms with Gasteiger partial charge in [-0.2, -0.15) is 0 Å². The lowest BCUT2D eigenvalue weighted by Crippen LogP contribution is -2.49. The van der Waals surface area contributed by atoms with Gasteiger partial charge in [0.05, 0.1) is 0 Å². The van der Waals surface area contributed by atoms with Crippen molar-refractivity contribution in [1.29, 1.82) is 0 Å². The number of carbonyl (C=O) groups is 3. The highest BCUT2D eigenvalue weighted by molar-refractivity contribution is 5.96. The lowest BCUT2D eigenvalue weighted by Gasteiger charge is -2.39. The molecule has 0 radical (unpaired) electrons. The zero-order valence-corrected chi connectivity index (χ0v) is 30.5. The maximum atomic E-state index is 14.4. The first kappa shape index (κ1) is 37.0. The maximum Gasteiger partial charge on any atom is 0.247 e. The Bertz CT molecular complexity index is 1670. The highest BCUT2D eigenvalue weighted by Crippen LogP contribution is 2.28. The Kier molecular flexibility index (Phi) is 13.7. The number of hydrogen-bond acceptors (Lipinski definition) is 4. The van der Waals surface area contributed by atoms with Crippen LogP contribution in [0.4, 0.5) is 5.69 Å². The van der Waals surface area contributed by atoms with Crippen molar-refractivity contribution in [1.82, 2.24) is 15.1 Å². The molecule has 0 bridgehead atoms. The van der Waals surface area contributed by atoms with Crippen LogP contribution in [0.3, 0.4) is 0 Å². The van der Waals surface area contributed by atoms with Crippen molar-refractivity contribution in [3.05, 3.63) is 138 Å². The molecule has 6 rings (SSSR count). The summed E-state index contributed by atoms with van der Waals surface area (Å²) in [5.74, 6) is -0.371. The predicted molar refractivity (Wildman–Crippen MR) is 209 cm³/mol. The zero-order chi connectivity index (χ0) is 36.0. The van der Waals surface area contributed by atoms with Crippen molar-refractivity contribution in [3.63, 3.8) is 0 Å². The number of anilines is 1. The number of rotatable bonds is 15. The van der Waals surface area contributed by atoms with E-state index >= 15 is 0 Å². The Morgan fingerprint density at radius 3 is 1.79 bits per heavy atom. The fourth-order valence-corrected chi connectivity index (χ4v) is 7.89. The Hall–Kier alpha value is -4.75. The molecule has 7 nitrogen and oxygen atoms in total. The van der Waals surface area contributed by atoms with E-state index in [0.717, 1.165) is 81.4 Å². The van der Waals surface area contributed by atoms with Crippen LogP contribution in [0.15, 0.2) is 121 Å². The van der Waals surface area contributed by atoms with Crippen molar-refractivity contribution in [2.24, 2.45) is 0 Å². The second-order valence-corrected chi connectivity index (χ2v) is 14.4. The lowest BCUT2D eigenvalue weighted by molar-refractivity contribution is -0.142. The molecule has 0 aromatic heterocycles. The number of para-hydroxylation sites is 1. The SMILES string of the molecule is O=C(NC1CCCCC1)C(c1ccccc1)N(CCc1ccccc1)C(=O)CCC(=O)N(c1ccccc1)C1CCN(CCc2ccccc2)CC1. The van der Waals surface area contributed by atoms with Crippen LogP contribution in [0.2, 0.25) is 0 Å². The van der Waals surface area contributed by atoms with Gasteiger partial charge in [-0.1, -0.05) is 128 Å². The molecule has 4 aromatic carbocycles. The number of nitrogens with zero attached hydrogens (tertiary/aromatic N) is 3. The average Bonchev–Trinajstić information content (AvgIpc) is 3.20. The molecule has 2 aliphatic rings. The van der Waals surface area contributed by atoms with Crippen molar-refractivity contribution < 1.29 is 14.4 Å². The third kappa shape index (κ3) is 10.4. The molecule has 52 heavy (non-hydrogen) atoms. The van der Waals surface area contributed by atoms with E-state index in [1.54, 1.807) is 4.90 Å². The summed E-state index contributed by atoms with van der Waals surface area (Å²) in [5, 5.41) is 3.31. The van der Waals surface area contributed by atoms with Crippen molar-refractivity contribution >= 4 is 23.4 Å². The van der Waals surface area contributed by atoms with E-state index in [4.69, 9.17) is 0 Å². The minimum Gasteiger partial charge on any atom is -0.351 e. The zero-order valence-electron chi connectivity index (χ0n) is 30.5. The molecular formula is C45H54N4O3. The molecule has 1 aliphatic carbocycles. The van der Waals surface area contributed by atoms with Gasteiger partial charge in [0.25, 0.3) is 0 Å². The fraction of sp³-hybridized carbons (Fsp3) is 0.400. The van der Waals surface area contributed by atoms with Gasteiger partial charge in [0.1, 0.15) is 6.04 Å². The quantitative estimate of drug-likeness (QED) is 0.138. The molecule has 272 valence electrons. The lowest BCUT2D eigenvalue weighted by atomic mass is 9.94. The highest BCUT2D eigenvalue weighted by atomic mass is 16.2. The van der Waals surface area contributed by atoms with Gasteiger partial charge in [-0.3, -0.25) is 14.4 Å². The molecule has 1 unspecified atom stereocenters. The first-order valence-electron chi connectivity index (χ1n) is 19.4. The minimum absolute atomic E-state index is 0.0346. The molecular weight excluding hydrogens is 645 g/mol. The van der Waals surface area contributed by atoms with E-state index in [1.165, 1.54) is 12.0 Å². The van der Waals surface area contributed by atoms with Gasteiger partial charge in [-0.25, -0.2) is 0 Å². The van der Waals surface area contributed by atoms with Crippen molar-refractivity contribution in [2.75, 3.05) is 31.1 Å². The molecule has 4 aromatic rings. The summed E-state index contributed by atoms with van der Waals surface area (Å²) in [6.45, 7) is 3.23. The molecule has 1 saturated heterocycles. The third-order valence-corrected chi connectivity index (χ3v) is 10.8. The molecule has 0 spiro atoms. The van der Waals surface area contributed by atoms with E-state index in [2.05, 4.69) is 52.7 Å². The van der Waals surface area contributed by atoms with Crippen LogP contribution in [-0.4, -0.2) is 65.8 Å². The van der Waals surface area contributed by atoms with Crippen LogP contribution in [-0.2, 0) is 27.2 Å². The largest absolute Gasteiger partial charge is 0.351 e.